The van der Waals surface area contributed by atoms with Crippen molar-refractivity contribution in [3.8, 4) is 28.6 Å². The van der Waals surface area contributed by atoms with Gasteiger partial charge in [-0.05, 0) is 43.5 Å². The number of anilines is 2. The summed E-state index contributed by atoms with van der Waals surface area (Å²) in [6, 6.07) is 14.8. The molecule has 176 valence electrons. The van der Waals surface area contributed by atoms with E-state index in [1.54, 1.807) is 16.8 Å². The van der Waals surface area contributed by atoms with Crippen LogP contribution in [0.3, 0.4) is 0 Å². The zero-order valence-electron chi connectivity index (χ0n) is 18.7. The summed E-state index contributed by atoms with van der Waals surface area (Å²) in [6.07, 6.45) is 2.04. The molecule has 0 radical (unpaired) electrons. The Labute approximate surface area is 205 Å². The second-order valence-electron chi connectivity index (χ2n) is 8.75. The molecule has 2 aromatic carbocycles. The Bertz CT molecular complexity index is 1480. The van der Waals surface area contributed by atoms with Gasteiger partial charge in [-0.3, -0.25) is 10.1 Å². The monoisotopic (exact) mass is 490 g/mol. The molecule has 0 saturated heterocycles. The van der Waals surface area contributed by atoms with E-state index in [0.717, 1.165) is 24.0 Å². The number of carbonyl (C=O) groups is 1. The van der Waals surface area contributed by atoms with Gasteiger partial charge in [0, 0.05) is 17.2 Å². The average Bonchev–Trinajstić information content (AvgIpc) is 3.24. The number of nitrogens with two attached hydrogens (primary N) is 1. The maximum atomic E-state index is 13.3. The van der Waals surface area contributed by atoms with Crippen LogP contribution in [0.15, 0.2) is 53.1 Å². The summed E-state index contributed by atoms with van der Waals surface area (Å²) in [5, 5.41) is 20.9. The number of rotatable bonds is 6. The Morgan fingerprint density at radius 1 is 1.29 bits per heavy atom. The summed E-state index contributed by atoms with van der Waals surface area (Å²) in [5.41, 5.74) is 9.31. The first kappa shape index (κ1) is 22.6. The lowest BCUT2D eigenvalue weighted by atomic mass is 10.0. The molecule has 0 unspecified atom stereocenters. The Hall–Kier alpha value is -4.16. The summed E-state index contributed by atoms with van der Waals surface area (Å²) < 4.78 is 20.2. The zero-order chi connectivity index (χ0) is 24.7. The van der Waals surface area contributed by atoms with Crippen LogP contribution < -0.4 is 11.1 Å². The minimum absolute atomic E-state index is 0.0907. The van der Waals surface area contributed by atoms with Crippen LogP contribution in [0, 0.1) is 17.1 Å². The number of hydrogen-bond acceptors (Lipinski definition) is 6. The zero-order valence-corrected chi connectivity index (χ0v) is 19.4. The first-order valence-electron chi connectivity index (χ1n) is 10.9. The van der Waals surface area contributed by atoms with Crippen molar-refractivity contribution in [3.05, 3.63) is 70.5 Å². The third-order valence-corrected chi connectivity index (χ3v) is 6.40. The Morgan fingerprint density at radius 3 is 2.69 bits per heavy atom. The Morgan fingerprint density at radius 2 is 2.03 bits per heavy atom. The Balaban J connectivity index is 1.27. The first-order chi connectivity index (χ1) is 16.8. The molecule has 8 nitrogen and oxygen atoms in total. The normalized spacial score (nSPS) is 13.9. The van der Waals surface area contributed by atoms with E-state index >= 15 is 0 Å². The van der Waals surface area contributed by atoms with E-state index in [9.17, 15) is 14.4 Å². The van der Waals surface area contributed by atoms with Crippen molar-refractivity contribution < 1.29 is 13.7 Å². The highest BCUT2D eigenvalue weighted by molar-refractivity contribution is 6.33. The third kappa shape index (κ3) is 4.36. The molecule has 0 bridgehead atoms. The number of hydrogen-bond donors (Lipinski definition) is 2. The van der Waals surface area contributed by atoms with Crippen LogP contribution in [0.4, 0.5) is 16.1 Å². The van der Waals surface area contributed by atoms with Crippen LogP contribution in [0.25, 0.3) is 22.5 Å². The van der Waals surface area contributed by atoms with Crippen molar-refractivity contribution in [2.75, 3.05) is 11.1 Å². The van der Waals surface area contributed by atoms with Crippen molar-refractivity contribution in [1.82, 2.24) is 14.9 Å². The van der Waals surface area contributed by atoms with Crippen LogP contribution in [0.2, 0.25) is 5.02 Å². The fourth-order valence-electron chi connectivity index (χ4n) is 3.85. The predicted molar refractivity (Wildman–Crippen MR) is 129 cm³/mol. The number of nitrogen functional groups attached to an aromatic ring is 1. The molecule has 2 heterocycles. The lowest BCUT2D eigenvalue weighted by Crippen LogP contribution is -2.16. The average molecular weight is 491 g/mol. The molecule has 3 N–H and O–H groups in total. The van der Waals surface area contributed by atoms with Crippen molar-refractivity contribution >= 4 is 29.2 Å². The lowest BCUT2D eigenvalue weighted by Gasteiger charge is -2.10. The molecule has 5 rings (SSSR count). The number of amides is 1. The van der Waals surface area contributed by atoms with Crippen LogP contribution >= 0.6 is 11.6 Å². The van der Waals surface area contributed by atoms with Gasteiger partial charge in [-0.2, -0.15) is 10.4 Å². The van der Waals surface area contributed by atoms with Gasteiger partial charge in [-0.15, -0.1) is 0 Å². The Kier molecular flexibility index (Phi) is 5.53. The van der Waals surface area contributed by atoms with Crippen LogP contribution in [0.5, 0.6) is 0 Å². The maximum Gasteiger partial charge on any atom is 0.231 e. The SMILES string of the molecule is CC1(n2nc(-c3ccc(CC(=O)Nc4cc(-c5ccc(F)cc5Cl)no4)cc3)c(C#N)c2N)CC1. The highest BCUT2D eigenvalue weighted by Crippen LogP contribution is 2.45. The number of halogens is 2. The summed E-state index contributed by atoms with van der Waals surface area (Å²) >= 11 is 6.06. The summed E-state index contributed by atoms with van der Waals surface area (Å²) in [5.74, 6) is -0.243. The number of carbonyl (C=O) groups excluding carboxylic acids is 1. The van der Waals surface area contributed by atoms with Gasteiger partial charge in [-0.1, -0.05) is 41.0 Å². The van der Waals surface area contributed by atoms with Gasteiger partial charge in [0.1, 0.15) is 34.7 Å². The molecule has 1 saturated carbocycles. The van der Waals surface area contributed by atoms with Crippen LogP contribution in [0.1, 0.15) is 30.9 Å². The third-order valence-electron chi connectivity index (χ3n) is 6.09. The molecule has 1 amide bonds. The molecule has 0 spiro atoms. The highest BCUT2D eigenvalue weighted by Gasteiger charge is 2.42. The molecule has 2 aromatic heterocycles. The topological polar surface area (TPSA) is 123 Å². The van der Waals surface area contributed by atoms with Crippen molar-refractivity contribution in [2.45, 2.75) is 31.7 Å². The first-order valence-corrected chi connectivity index (χ1v) is 11.3. The standard InChI is InChI=1S/C25H20ClFN6O2/c1-25(8-9-25)33-24(29)18(13-28)23(31-33)15-4-2-14(3-5-15)10-21(34)30-22-12-20(32-35-22)17-7-6-16(27)11-19(17)26/h2-7,11-12H,8-10,29H2,1H3,(H,30,34). The van der Waals surface area contributed by atoms with E-state index in [-0.39, 0.29) is 28.8 Å². The van der Waals surface area contributed by atoms with E-state index in [1.165, 1.54) is 24.3 Å². The summed E-state index contributed by atoms with van der Waals surface area (Å²) in [4.78, 5) is 12.5. The number of nitrogens with one attached hydrogen (secondary N) is 1. The minimum atomic E-state index is -0.459. The molecule has 1 fully saturated rings. The van der Waals surface area contributed by atoms with Crippen molar-refractivity contribution in [3.63, 3.8) is 0 Å². The highest BCUT2D eigenvalue weighted by atomic mass is 35.5. The quantitative estimate of drug-likeness (QED) is 0.385. The molecule has 1 aliphatic carbocycles. The minimum Gasteiger partial charge on any atom is -0.383 e. The molecule has 1 aliphatic rings. The van der Waals surface area contributed by atoms with Gasteiger partial charge in [0.15, 0.2) is 0 Å². The molecule has 4 aromatic rings. The second-order valence-corrected chi connectivity index (χ2v) is 9.16. The van der Waals surface area contributed by atoms with Gasteiger partial charge in [-0.25, -0.2) is 9.07 Å². The lowest BCUT2D eigenvalue weighted by molar-refractivity contribution is -0.115. The predicted octanol–water partition coefficient (Wildman–Crippen LogP) is 5.14. The van der Waals surface area contributed by atoms with E-state index < -0.39 is 5.82 Å². The van der Waals surface area contributed by atoms with E-state index in [1.807, 2.05) is 12.1 Å². The molecular weight excluding hydrogens is 471 g/mol. The van der Waals surface area contributed by atoms with Gasteiger partial charge in [0.2, 0.25) is 11.8 Å². The maximum absolute atomic E-state index is 13.3. The molecule has 35 heavy (non-hydrogen) atoms. The number of nitriles is 1. The van der Waals surface area contributed by atoms with E-state index in [0.29, 0.717) is 28.3 Å². The van der Waals surface area contributed by atoms with E-state index in [4.69, 9.17) is 21.9 Å². The van der Waals surface area contributed by atoms with E-state index in [2.05, 4.69) is 28.6 Å². The van der Waals surface area contributed by atoms with Crippen LogP contribution in [-0.2, 0) is 16.8 Å². The van der Waals surface area contributed by atoms with Gasteiger partial charge in [0.05, 0.1) is 17.0 Å². The molecule has 10 heteroatoms. The summed E-state index contributed by atoms with van der Waals surface area (Å²) in [7, 11) is 0. The van der Waals surface area contributed by atoms with Gasteiger partial charge >= 0.3 is 0 Å². The van der Waals surface area contributed by atoms with Crippen molar-refractivity contribution in [1.29, 1.82) is 5.26 Å². The smallest absolute Gasteiger partial charge is 0.231 e. The fourth-order valence-corrected chi connectivity index (χ4v) is 4.12. The number of benzene rings is 2. The van der Waals surface area contributed by atoms with Crippen molar-refractivity contribution in [2.24, 2.45) is 0 Å². The second kappa shape index (κ2) is 8.56. The molecule has 0 aliphatic heterocycles. The largest absolute Gasteiger partial charge is 0.383 e. The van der Waals surface area contributed by atoms with Crippen LogP contribution in [-0.4, -0.2) is 20.8 Å². The van der Waals surface area contributed by atoms with Gasteiger partial charge < -0.3 is 10.3 Å². The summed E-state index contributed by atoms with van der Waals surface area (Å²) in [6.45, 7) is 2.06. The number of nitrogens with zero attached hydrogens (tertiary/aromatic N) is 4. The molecule has 0 atom stereocenters. The number of aromatic nitrogens is 3. The molecular formula is C25H20ClFN6O2. The van der Waals surface area contributed by atoms with Gasteiger partial charge in [0.25, 0.3) is 0 Å². The fraction of sp³-hybridized carbons (Fsp3) is 0.200.